The Morgan fingerprint density at radius 1 is 1.53 bits per heavy atom. The van der Waals surface area contributed by atoms with Crippen molar-refractivity contribution in [2.45, 2.75) is 12.5 Å². The third-order valence-corrected chi connectivity index (χ3v) is 3.57. The molecule has 0 aliphatic carbocycles. The Labute approximate surface area is 107 Å². The highest BCUT2D eigenvalue weighted by Crippen LogP contribution is 2.34. The van der Waals surface area contributed by atoms with Crippen molar-refractivity contribution in [2.24, 2.45) is 0 Å². The fourth-order valence-corrected chi connectivity index (χ4v) is 2.37. The second-order valence-electron chi connectivity index (χ2n) is 4.04. The van der Waals surface area contributed by atoms with Crippen LogP contribution in [0, 0.1) is 0 Å². The van der Waals surface area contributed by atoms with Crippen LogP contribution < -0.4 is 14.8 Å². The van der Waals surface area contributed by atoms with Crippen LogP contribution in [0.5, 0.6) is 11.5 Å². The van der Waals surface area contributed by atoms with Gasteiger partial charge in [0, 0.05) is 30.3 Å². The molecular weight excluding hydrogens is 234 g/mol. The molecular formula is C13H19NO2S. The summed E-state index contributed by atoms with van der Waals surface area (Å²) in [5.74, 6) is 3.01. The summed E-state index contributed by atoms with van der Waals surface area (Å²) in [7, 11) is 1.70. The summed E-state index contributed by atoms with van der Waals surface area (Å²) in [6, 6.07) is 6.41. The lowest BCUT2D eigenvalue weighted by Crippen LogP contribution is -2.28. The second kappa shape index (κ2) is 6.17. The molecule has 2 rings (SSSR count). The predicted octanol–water partition coefficient (Wildman–Crippen LogP) is 2.47. The van der Waals surface area contributed by atoms with Gasteiger partial charge in [-0.15, -0.1) is 0 Å². The van der Waals surface area contributed by atoms with E-state index < -0.39 is 0 Å². The van der Waals surface area contributed by atoms with E-state index in [0.717, 1.165) is 36.8 Å². The largest absolute Gasteiger partial charge is 0.497 e. The molecule has 0 saturated heterocycles. The van der Waals surface area contributed by atoms with Gasteiger partial charge in [0.05, 0.1) is 13.7 Å². The van der Waals surface area contributed by atoms with E-state index in [-0.39, 0.29) is 0 Å². The fourth-order valence-electron chi connectivity index (χ4n) is 2.05. The average molecular weight is 253 g/mol. The summed E-state index contributed by atoms with van der Waals surface area (Å²) in [4.78, 5) is 0. The molecule has 3 nitrogen and oxygen atoms in total. The first-order valence-electron chi connectivity index (χ1n) is 5.88. The minimum Gasteiger partial charge on any atom is -0.497 e. The summed E-state index contributed by atoms with van der Waals surface area (Å²) in [6.07, 6.45) is 3.15. The Kier molecular flexibility index (Phi) is 4.57. The smallest absolute Gasteiger partial charge is 0.124 e. The molecule has 0 aromatic heterocycles. The van der Waals surface area contributed by atoms with Crippen molar-refractivity contribution in [3.63, 3.8) is 0 Å². The quantitative estimate of drug-likeness (QED) is 0.817. The van der Waals surface area contributed by atoms with Crippen LogP contribution >= 0.6 is 11.8 Å². The van der Waals surface area contributed by atoms with E-state index >= 15 is 0 Å². The summed E-state index contributed by atoms with van der Waals surface area (Å²) in [5.41, 5.74) is 1.22. The van der Waals surface area contributed by atoms with Gasteiger partial charge in [0.2, 0.25) is 0 Å². The van der Waals surface area contributed by atoms with Gasteiger partial charge in [-0.25, -0.2) is 0 Å². The fraction of sp³-hybridized carbons (Fsp3) is 0.538. The van der Waals surface area contributed by atoms with Gasteiger partial charge >= 0.3 is 0 Å². The molecule has 0 bridgehead atoms. The molecule has 1 aliphatic heterocycles. The van der Waals surface area contributed by atoms with Crippen molar-refractivity contribution >= 4 is 11.8 Å². The number of fused-ring (bicyclic) bond motifs is 1. The van der Waals surface area contributed by atoms with Gasteiger partial charge in [-0.1, -0.05) is 0 Å². The molecule has 4 heteroatoms. The summed E-state index contributed by atoms with van der Waals surface area (Å²) >= 11 is 1.86. The molecule has 1 aromatic carbocycles. The van der Waals surface area contributed by atoms with Gasteiger partial charge in [0.25, 0.3) is 0 Å². The number of ether oxygens (including phenoxy) is 2. The Morgan fingerprint density at radius 2 is 2.41 bits per heavy atom. The highest BCUT2D eigenvalue weighted by atomic mass is 32.2. The summed E-state index contributed by atoms with van der Waals surface area (Å²) in [6.45, 7) is 1.82. The highest BCUT2D eigenvalue weighted by molar-refractivity contribution is 7.98. The predicted molar refractivity (Wildman–Crippen MR) is 72.2 cm³/mol. The lowest BCUT2D eigenvalue weighted by molar-refractivity contribution is 0.253. The van der Waals surface area contributed by atoms with Gasteiger partial charge in [0.1, 0.15) is 11.5 Å². The molecule has 1 atom stereocenters. The van der Waals surface area contributed by atoms with E-state index in [9.17, 15) is 0 Å². The maximum Gasteiger partial charge on any atom is 0.124 e. The molecule has 94 valence electrons. The molecule has 1 aliphatic rings. The molecule has 0 fully saturated rings. The number of benzene rings is 1. The third-order valence-electron chi connectivity index (χ3n) is 2.95. The zero-order chi connectivity index (χ0) is 12.1. The molecule has 1 N–H and O–H groups in total. The summed E-state index contributed by atoms with van der Waals surface area (Å²) in [5, 5.41) is 3.57. The number of nitrogens with one attached hydrogen (secondary N) is 1. The van der Waals surface area contributed by atoms with Crippen molar-refractivity contribution in [1.29, 1.82) is 0 Å². The van der Waals surface area contributed by atoms with Gasteiger partial charge in [-0.05, 0) is 24.5 Å². The Hall–Kier alpha value is -0.870. The molecule has 1 heterocycles. The lowest BCUT2D eigenvalue weighted by atomic mass is 10.0. The monoisotopic (exact) mass is 253 g/mol. The SMILES string of the molecule is COc1ccc2c(c1)C(NCCSC)CCO2. The average Bonchev–Trinajstić information content (AvgIpc) is 2.39. The Balaban J connectivity index is 2.11. The molecule has 0 amide bonds. The van der Waals surface area contributed by atoms with Crippen molar-refractivity contribution < 1.29 is 9.47 Å². The maximum atomic E-state index is 5.66. The first kappa shape index (κ1) is 12.6. The van der Waals surface area contributed by atoms with Crippen molar-refractivity contribution in [1.82, 2.24) is 5.32 Å². The number of thioether (sulfide) groups is 1. The third kappa shape index (κ3) is 3.07. The number of hydrogen-bond donors (Lipinski definition) is 1. The topological polar surface area (TPSA) is 30.5 Å². The van der Waals surface area contributed by atoms with E-state index in [4.69, 9.17) is 9.47 Å². The van der Waals surface area contributed by atoms with E-state index in [1.54, 1.807) is 7.11 Å². The first-order valence-corrected chi connectivity index (χ1v) is 7.27. The normalized spacial score (nSPS) is 18.4. The molecule has 0 saturated carbocycles. The Bertz CT molecular complexity index is 370. The second-order valence-corrected chi connectivity index (χ2v) is 5.03. The molecule has 0 spiro atoms. The van der Waals surface area contributed by atoms with Crippen LogP contribution in [0.1, 0.15) is 18.0 Å². The van der Waals surface area contributed by atoms with Crippen LogP contribution in [-0.2, 0) is 0 Å². The van der Waals surface area contributed by atoms with Crippen LogP contribution in [-0.4, -0.2) is 32.3 Å². The van der Waals surface area contributed by atoms with E-state index in [2.05, 4.69) is 17.6 Å². The minimum atomic E-state index is 0.390. The van der Waals surface area contributed by atoms with Crippen molar-refractivity contribution in [3.8, 4) is 11.5 Å². The number of rotatable bonds is 5. The van der Waals surface area contributed by atoms with Crippen LogP contribution in [0.3, 0.4) is 0 Å². The van der Waals surface area contributed by atoms with Crippen LogP contribution in [0.2, 0.25) is 0 Å². The van der Waals surface area contributed by atoms with Gasteiger partial charge in [0.15, 0.2) is 0 Å². The molecule has 1 aromatic rings. The zero-order valence-corrected chi connectivity index (χ0v) is 11.2. The highest BCUT2D eigenvalue weighted by Gasteiger charge is 2.21. The van der Waals surface area contributed by atoms with Crippen molar-refractivity contribution in [3.05, 3.63) is 23.8 Å². The van der Waals surface area contributed by atoms with Gasteiger partial charge < -0.3 is 14.8 Å². The van der Waals surface area contributed by atoms with Crippen LogP contribution in [0.4, 0.5) is 0 Å². The van der Waals surface area contributed by atoms with E-state index in [1.807, 2.05) is 23.9 Å². The van der Waals surface area contributed by atoms with Gasteiger partial charge in [-0.2, -0.15) is 11.8 Å². The number of hydrogen-bond acceptors (Lipinski definition) is 4. The maximum absolute atomic E-state index is 5.66. The van der Waals surface area contributed by atoms with Crippen molar-refractivity contribution in [2.75, 3.05) is 32.3 Å². The number of methoxy groups -OCH3 is 1. The van der Waals surface area contributed by atoms with E-state index in [0.29, 0.717) is 6.04 Å². The minimum absolute atomic E-state index is 0.390. The zero-order valence-electron chi connectivity index (χ0n) is 10.4. The standard InChI is InChI=1S/C13H19NO2S/c1-15-10-3-4-13-11(9-10)12(5-7-16-13)14-6-8-17-2/h3-4,9,12,14H,5-8H2,1-2H3. The molecule has 1 unspecified atom stereocenters. The lowest BCUT2D eigenvalue weighted by Gasteiger charge is -2.27. The van der Waals surface area contributed by atoms with E-state index in [1.165, 1.54) is 5.56 Å². The van der Waals surface area contributed by atoms with Crippen LogP contribution in [0.15, 0.2) is 18.2 Å². The molecule has 0 radical (unpaired) electrons. The summed E-state index contributed by atoms with van der Waals surface area (Å²) < 4.78 is 10.9. The molecule has 17 heavy (non-hydrogen) atoms. The Morgan fingerprint density at radius 3 is 3.18 bits per heavy atom. The first-order chi connectivity index (χ1) is 8.35. The van der Waals surface area contributed by atoms with Crippen LogP contribution in [0.25, 0.3) is 0 Å². The van der Waals surface area contributed by atoms with Gasteiger partial charge in [-0.3, -0.25) is 0 Å².